The zero-order chi connectivity index (χ0) is 19.4. The second-order valence-corrected chi connectivity index (χ2v) is 6.38. The molecule has 0 atom stereocenters. The number of benzene rings is 2. The van der Waals surface area contributed by atoms with E-state index in [-0.39, 0.29) is 30.6 Å². The predicted octanol–water partition coefficient (Wildman–Crippen LogP) is 4.25. The number of aryl methyl sites for hydroxylation is 3. The van der Waals surface area contributed by atoms with Crippen molar-refractivity contribution in [2.45, 2.75) is 33.9 Å². The van der Waals surface area contributed by atoms with Crippen LogP contribution in [0.2, 0.25) is 0 Å². The molecular formula is C21H21FN2O3. The van der Waals surface area contributed by atoms with Crippen molar-refractivity contribution in [3.8, 4) is 5.75 Å². The number of carbonyl (C=O) groups is 1. The number of ether oxygens (including phenoxy) is 1. The molecule has 3 aromatic rings. The van der Waals surface area contributed by atoms with Gasteiger partial charge < -0.3 is 14.6 Å². The molecule has 0 aliphatic rings. The second kappa shape index (κ2) is 8.03. The molecule has 27 heavy (non-hydrogen) atoms. The van der Waals surface area contributed by atoms with Gasteiger partial charge in [0.2, 0.25) is 0 Å². The monoisotopic (exact) mass is 368 g/mol. The minimum Gasteiger partial charge on any atom is -0.488 e. The first-order valence-electron chi connectivity index (χ1n) is 8.62. The third-order valence-corrected chi connectivity index (χ3v) is 4.34. The summed E-state index contributed by atoms with van der Waals surface area (Å²) in [6.45, 7) is 6.13. The Morgan fingerprint density at radius 3 is 2.44 bits per heavy atom. The van der Waals surface area contributed by atoms with Gasteiger partial charge in [0.1, 0.15) is 23.9 Å². The molecule has 0 aliphatic carbocycles. The molecular weight excluding hydrogens is 347 g/mol. The molecule has 1 N–H and O–H groups in total. The van der Waals surface area contributed by atoms with Crippen molar-refractivity contribution in [2.24, 2.45) is 0 Å². The summed E-state index contributed by atoms with van der Waals surface area (Å²) >= 11 is 0. The number of rotatable bonds is 6. The zero-order valence-electron chi connectivity index (χ0n) is 15.5. The molecule has 140 valence electrons. The second-order valence-electron chi connectivity index (χ2n) is 6.38. The van der Waals surface area contributed by atoms with Crippen LogP contribution in [0.15, 0.2) is 47.0 Å². The lowest BCUT2D eigenvalue weighted by Crippen LogP contribution is -2.24. The highest BCUT2D eigenvalue weighted by Gasteiger charge is 2.20. The van der Waals surface area contributed by atoms with E-state index in [1.54, 1.807) is 19.1 Å². The molecule has 1 amide bonds. The number of halogens is 1. The van der Waals surface area contributed by atoms with Crippen molar-refractivity contribution in [3.63, 3.8) is 0 Å². The van der Waals surface area contributed by atoms with E-state index >= 15 is 0 Å². The van der Waals surface area contributed by atoms with Gasteiger partial charge in [-0.25, -0.2) is 4.39 Å². The molecule has 2 aromatic carbocycles. The van der Waals surface area contributed by atoms with Gasteiger partial charge in [0.15, 0.2) is 5.69 Å². The highest BCUT2D eigenvalue weighted by atomic mass is 19.1. The van der Waals surface area contributed by atoms with Crippen molar-refractivity contribution >= 4 is 5.91 Å². The highest BCUT2D eigenvalue weighted by molar-refractivity contribution is 5.93. The van der Waals surface area contributed by atoms with Crippen LogP contribution < -0.4 is 10.1 Å². The maximum Gasteiger partial charge on any atom is 0.274 e. The van der Waals surface area contributed by atoms with Crippen LogP contribution in [-0.4, -0.2) is 11.1 Å². The SMILES string of the molecule is Cc1cccc(C)c1OCc1c(C(=O)NCc2ccc(F)cc2)noc1C. The molecule has 6 heteroatoms. The molecule has 0 saturated heterocycles. The summed E-state index contributed by atoms with van der Waals surface area (Å²) in [7, 11) is 0. The summed E-state index contributed by atoms with van der Waals surface area (Å²) in [6, 6.07) is 11.9. The number of nitrogens with one attached hydrogen (secondary N) is 1. The van der Waals surface area contributed by atoms with Gasteiger partial charge >= 0.3 is 0 Å². The Hall–Kier alpha value is -3.15. The molecule has 1 heterocycles. The topological polar surface area (TPSA) is 64.4 Å². The average Bonchev–Trinajstić information content (AvgIpc) is 3.01. The van der Waals surface area contributed by atoms with Crippen LogP contribution in [-0.2, 0) is 13.2 Å². The number of aromatic nitrogens is 1. The Kier molecular flexibility index (Phi) is 5.54. The van der Waals surface area contributed by atoms with E-state index in [0.717, 1.165) is 22.4 Å². The summed E-state index contributed by atoms with van der Waals surface area (Å²) in [5.74, 6) is 0.642. The molecule has 3 rings (SSSR count). The van der Waals surface area contributed by atoms with Crippen molar-refractivity contribution in [2.75, 3.05) is 0 Å². The fourth-order valence-electron chi connectivity index (χ4n) is 2.78. The first-order valence-corrected chi connectivity index (χ1v) is 8.62. The van der Waals surface area contributed by atoms with Gasteiger partial charge in [-0.15, -0.1) is 0 Å². The van der Waals surface area contributed by atoms with Crippen molar-refractivity contribution in [3.05, 3.63) is 82.0 Å². The van der Waals surface area contributed by atoms with E-state index in [1.807, 2.05) is 32.0 Å². The van der Waals surface area contributed by atoms with E-state index in [1.165, 1.54) is 12.1 Å². The van der Waals surface area contributed by atoms with Gasteiger partial charge in [-0.1, -0.05) is 35.5 Å². The van der Waals surface area contributed by atoms with Gasteiger partial charge in [0.25, 0.3) is 5.91 Å². The molecule has 0 fully saturated rings. The number of hydrogen-bond donors (Lipinski definition) is 1. The Bertz CT molecular complexity index is 928. The van der Waals surface area contributed by atoms with Crippen molar-refractivity contribution < 1.29 is 18.4 Å². The lowest BCUT2D eigenvalue weighted by molar-refractivity contribution is 0.0939. The molecule has 0 unspecified atom stereocenters. The number of nitrogens with zero attached hydrogens (tertiary/aromatic N) is 1. The van der Waals surface area contributed by atoms with E-state index in [9.17, 15) is 9.18 Å². The fraction of sp³-hybridized carbons (Fsp3) is 0.238. The smallest absolute Gasteiger partial charge is 0.274 e. The Labute approximate surface area is 157 Å². The van der Waals surface area contributed by atoms with Gasteiger partial charge in [0, 0.05) is 6.54 Å². The molecule has 0 radical (unpaired) electrons. The molecule has 0 saturated carbocycles. The molecule has 0 spiro atoms. The van der Waals surface area contributed by atoms with E-state index < -0.39 is 0 Å². The standard InChI is InChI=1S/C21H21FN2O3/c1-13-5-4-6-14(2)20(13)26-12-18-15(3)27-24-19(18)21(25)23-11-16-7-9-17(22)10-8-16/h4-10H,11-12H2,1-3H3,(H,23,25). The van der Waals surface area contributed by atoms with Crippen LogP contribution in [0.5, 0.6) is 5.75 Å². The van der Waals surface area contributed by atoms with E-state index in [0.29, 0.717) is 11.3 Å². The summed E-state index contributed by atoms with van der Waals surface area (Å²) in [5.41, 5.74) is 3.63. The molecule has 5 nitrogen and oxygen atoms in total. The molecule has 1 aromatic heterocycles. The Morgan fingerprint density at radius 2 is 1.78 bits per heavy atom. The number of carbonyl (C=O) groups excluding carboxylic acids is 1. The average molecular weight is 368 g/mol. The fourth-order valence-corrected chi connectivity index (χ4v) is 2.78. The van der Waals surface area contributed by atoms with Crippen LogP contribution >= 0.6 is 0 Å². The summed E-state index contributed by atoms with van der Waals surface area (Å²) in [4.78, 5) is 12.5. The summed E-state index contributed by atoms with van der Waals surface area (Å²) in [6.07, 6.45) is 0. The van der Waals surface area contributed by atoms with Crippen LogP contribution in [0.4, 0.5) is 4.39 Å². The van der Waals surface area contributed by atoms with Crippen LogP contribution in [0, 0.1) is 26.6 Å². The Morgan fingerprint density at radius 1 is 1.11 bits per heavy atom. The molecule has 0 bridgehead atoms. The van der Waals surface area contributed by atoms with Crippen LogP contribution in [0.3, 0.4) is 0 Å². The Balaban J connectivity index is 1.70. The first-order chi connectivity index (χ1) is 13.0. The molecule has 0 aliphatic heterocycles. The predicted molar refractivity (Wildman–Crippen MR) is 99.1 cm³/mol. The van der Waals surface area contributed by atoms with Crippen molar-refractivity contribution in [1.82, 2.24) is 10.5 Å². The zero-order valence-corrected chi connectivity index (χ0v) is 15.5. The summed E-state index contributed by atoms with van der Waals surface area (Å²) in [5, 5.41) is 6.64. The number of para-hydroxylation sites is 1. The van der Waals surface area contributed by atoms with Crippen LogP contribution in [0.25, 0.3) is 0 Å². The van der Waals surface area contributed by atoms with Crippen LogP contribution in [0.1, 0.15) is 38.5 Å². The summed E-state index contributed by atoms with van der Waals surface area (Å²) < 4.78 is 24.1. The normalized spacial score (nSPS) is 10.7. The van der Waals surface area contributed by atoms with Crippen molar-refractivity contribution in [1.29, 1.82) is 0 Å². The van der Waals surface area contributed by atoms with E-state index in [2.05, 4.69) is 10.5 Å². The minimum atomic E-state index is -0.365. The third-order valence-electron chi connectivity index (χ3n) is 4.34. The maximum absolute atomic E-state index is 13.0. The van der Waals surface area contributed by atoms with Gasteiger partial charge in [-0.2, -0.15) is 0 Å². The van der Waals surface area contributed by atoms with Gasteiger partial charge in [0.05, 0.1) is 5.56 Å². The minimum absolute atomic E-state index is 0.181. The number of hydrogen-bond acceptors (Lipinski definition) is 4. The largest absolute Gasteiger partial charge is 0.488 e. The van der Waals surface area contributed by atoms with Gasteiger partial charge in [-0.05, 0) is 49.6 Å². The van der Waals surface area contributed by atoms with Gasteiger partial charge in [-0.3, -0.25) is 4.79 Å². The first kappa shape index (κ1) is 18.6. The lowest BCUT2D eigenvalue weighted by Gasteiger charge is -2.12. The quantitative estimate of drug-likeness (QED) is 0.706. The van der Waals surface area contributed by atoms with E-state index in [4.69, 9.17) is 9.26 Å². The lowest BCUT2D eigenvalue weighted by atomic mass is 10.1. The third kappa shape index (κ3) is 4.34. The number of amides is 1. The maximum atomic E-state index is 13.0. The highest BCUT2D eigenvalue weighted by Crippen LogP contribution is 2.25.